The Kier molecular flexibility index (Phi) is 9.00. The average Bonchev–Trinajstić information content (AvgIpc) is 2.80. The van der Waals surface area contributed by atoms with Crippen molar-refractivity contribution in [3.63, 3.8) is 0 Å². The highest BCUT2D eigenvalue weighted by atomic mass is 32.2. The van der Waals surface area contributed by atoms with Crippen LogP contribution in [0.1, 0.15) is 5.56 Å². The van der Waals surface area contributed by atoms with Gasteiger partial charge in [-0.3, -0.25) is 4.90 Å². The zero-order chi connectivity index (χ0) is 23.7. The second-order valence-electron chi connectivity index (χ2n) is 6.82. The molecule has 0 atom stereocenters. The van der Waals surface area contributed by atoms with Gasteiger partial charge in [0.25, 0.3) is 0 Å². The number of rotatable bonds is 6. The maximum atomic E-state index is 12.8. The number of hydrogen-bond donors (Lipinski definition) is 2. The van der Waals surface area contributed by atoms with Gasteiger partial charge in [-0.05, 0) is 42.0 Å². The quantitative estimate of drug-likeness (QED) is 0.605. The molecule has 11 heteroatoms. The zero-order valence-electron chi connectivity index (χ0n) is 17.8. The summed E-state index contributed by atoms with van der Waals surface area (Å²) in [6, 6.07) is 14.5. The van der Waals surface area contributed by atoms with Crippen molar-refractivity contribution in [3.8, 4) is 11.5 Å². The number of methoxy groups -OCH3 is 2. The first-order chi connectivity index (χ1) is 15.2. The monoisotopic (exact) mass is 466 g/mol. The van der Waals surface area contributed by atoms with Crippen LogP contribution in [0.5, 0.6) is 11.5 Å². The maximum absolute atomic E-state index is 12.8. The minimum Gasteiger partial charge on any atom is -0.497 e. The third-order valence-electron chi connectivity index (χ3n) is 4.75. The van der Waals surface area contributed by atoms with Crippen molar-refractivity contribution in [2.24, 2.45) is 0 Å². The van der Waals surface area contributed by atoms with Gasteiger partial charge in [0, 0.05) is 32.7 Å². The van der Waals surface area contributed by atoms with Crippen LogP contribution in [-0.4, -0.2) is 80.2 Å². The predicted molar refractivity (Wildman–Crippen MR) is 115 cm³/mol. The van der Waals surface area contributed by atoms with E-state index in [0.29, 0.717) is 36.8 Å². The Labute approximate surface area is 186 Å². The van der Waals surface area contributed by atoms with E-state index >= 15 is 0 Å². The molecule has 32 heavy (non-hydrogen) atoms. The molecule has 0 unspecified atom stereocenters. The average molecular weight is 467 g/mol. The van der Waals surface area contributed by atoms with E-state index in [1.54, 1.807) is 42.8 Å². The topological polar surface area (TPSA) is 134 Å². The zero-order valence-corrected chi connectivity index (χ0v) is 18.6. The fourth-order valence-corrected chi connectivity index (χ4v) is 4.48. The number of nitrogens with zero attached hydrogens (tertiary/aromatic N) is 2. The first-order valence-corrected chi connectivity index (χ1v) is 11.1. The van der Waals surface area contributed by atoms with Crippen molar-refractivity contribution in [1.82, 2.24) is 9.21 Å². The number of aliphatic carboxylic acids is 2. The molecule has 1 fully saturated rings. The molecule has 2 N–H and O–H groups in total. The number of piperazine rings is 1. The van der Waals surface area contributed by atoms with E-state index < -0.39 is 22.0 Å². The Morgan fingerprint density at radius 3 is 1.94 bits per heavy atom. The molecule has 0 aliphatic carbocycles. The fourth-order valence-electron chi connectivity index (χ4n) is 3.05. The Hall–Kier alpha value is -3.15. The number of ether oxygens (including phenoxy) is 2. The number of sulfonamides is 1. The van der Waals surface area contributed by atoms with Crippen LogP contribution in [-0.2, 0) is 26.2 Å². The summed E-state index contributed by atoms with van der Waals surface area (Å²) >= 11 is 0. The van der Waals surface area contributed by atoms with Crippen LogP contribution in [0.4, 0.5) is 0 Å². The van der Waals surface area contributed by atoms with Crippen LogP contribution < -0.4 is 9.47 Å². The lowest BCUT2D eigenvalue weighted by Crippen LogP contribution is -2.48. The van der Waals surface area contributed by atoms with E-state index in [1.807, 2.05) is 18.2 Å². The van der Waals surface area contributed by atoms with Crippen LogP contribution in [0.3, 0.4) is 0 Å². The van der Waals surface area contributed by atoms with Crippen molar-refractivity contribution in [2.75, 3.05) is 40.4 Å². The minimum absolute atomic E-state index is 0.305. The highest BCUT2D eigenvalue weighted by Crippen LogP contribution is 2.21. The molecular formula is C21H26N2O8S. The second-order valence-corrected chi connectivity index (χ2v) is 8.76. The molecule has 1 heterocycles. The largest absolute Gasteiger partial charge is 0.497 e. The van der Waals surface area contributed by atoms with Crippen LogP contribution in [0, 0.1) is 0 Å². The molecule has 10 nitrogen and oxygen atoms in total. The van der Waals surface area contributed by atoms with Crippen LogP contribution in [0.25, 0.3) is 0 Å². The van der Waals surface area contributed by atoms with E-state index in [2.05, 4.69) is 11.0 Å². The number of carboxylic acid groups (broad SMARTS) is 2. The number of benzene rings is 2. The summed E-state index contributed by atoms with van der Waals surface area (Å²) in [6.45, 7) is 3.16. The van der Waals surface area contributed by atoms with Gasteiger partial charge in [0.2, 0.25) is 10.0 Å². The molecule has 1 aliphatic heterocycles. The molecule has 0 radical (unpaired) electrons. The molecule has 1 aliphatic rings. The summed E-state index contributed by atoms with van der Waals surface area (Å²) in [5.41, 5.74) is 1.16. The summed E-state index contributed by atoms with van der Waals surface area (Å²) < 4.78 is 37.5. The van der Waals surface area contributed by atoms with Gasteiger partial charge in [0.05, 0.1) is 19.1 Å². The van der Waals surface area contributed by atoms with Gasteiger partial charge in [-0.1, -0.05) is 12.1 Å². The Morgan fingerprint density at radius 1 is 0.875 bits per heavy atom. The van der Waals surface area contributed by atoms with Gasteiger partial charge >= 0.3 is 11.9 Å². The minimum atomic E-state index is -3.46. The van der Waals surface area contributed by atoms with Gasteiger partial charge in [0.1, 0.15) is 11.5 Å². The first kappa shape index (κ1) is 25.1. The van der Waals surface area contributed by atoms with Gasteiger partial charge in [-0.25, -0.2) is 18.0 Å². The third kappa shape index (κ3) is 6.94. The molecular weight excluding hydrogens is 440 g/mol. The standard InChI is InChI=1S/C19H24N2O4S.C2H2O4/c1-24-17-6-8-19(9-7-17)26(22,23)21-12-10-20(11-13-21)15-16-4-3-5-18(14-16)25-2;3-1(4)2(5)6/h3-9,14H,10-13,15H2,1-2H3;(H,3,4)(H,5,6). The third-order valence-corrected chi connectivity index (χ3v) is 6.66. The van der Waals surface area contributed by atoms with E-state index in [-0.39, 0.29) is 0 Å². The van der Waals surface area contributed by atoms with Crippen LogP contribution in [0.2, 0.25) is 0 Å². The highest BCUT2D eigenvalue weighted by Gasteiger charge is 2.28. The molecule has 0 spiro atoms. The van der Waals surface area contributed by atoms with Gasteiger partial charge < -0.3 is 19.7 Å². The molecule has 174 valence electrons. The van der Waals surface area contributed by atoms with Crippen molar-refractivity contribution in [2.45, 2.75) is 11.4 Å². The smallest absolute Gasteiger partial charge is 0.414 e. The summed E-state index contributed by atoms with van der Waals surface area (Å²) in [5, 5.41) is 14.8. The number of hydrogen-bond acceptors (Lipinski definition) is 7. The molecule has 0 aromatic heterocycles. The lowest BCUT2D eigenvalue weighted by atomic mass is 10.2. The molecule has 1 saturated heterocycles. The molecule has 3 rings (SSSR count). The van der Waals surface area contributed by atoms with Gasteiger partial charge in [-0.2, -0.15) is 4.31 Å². The maximum Gasteiger partial charge on any atom is 0.414 e. The van der Waals surface area contributed by atoms with Crippen LogP contribution in [0.15, 0.2) is 53.4 Å². The lowest BCUT2D eigenvalue weighted by molar-refractivity contribution is -0.159. The Bertz CT molecular complexity index is 1000. The molecule has 2 aromatic rings. The fraction of sp³-hybridized carbons (Fsp3) is 0.333. The number of carboxylic acids is 2. The van der Waals surface area contributed by atoms with E-state index in [4.69, 9.17) is 29.3 Å². The Morgan fingerprint density at radius 2 is 1.44 bits per heavy atom. The molecule has 0 saturated carbocycles. The SMILES string of the molecule is COc1ccc(S(=O)(=O)N2CCN(Cc3cccc(OC)c3)CC2)cc1.O=C(O)C(=O)O. The Balaban J connectivity index is 0.000000534. The highest BCUT2D eigenvalue weighted by molar-refractivity contribution is 7.89. The predicted octanol–water partition coefficient (Wildman–Crippen LogP) is 1.37. The first-order valence-electron chi connectivity index (χ1n) is 9.63. The van der Waals surface area contributed by atoms with E-state index in [1.165, 1.54) is 0 Å². The molecule has 2 aromatic carbocycles. The summed E-state index contributed by atoms with van der Waals surface area (Å²) in [5.74, 6) is -2.17. The van der Waals surface area contributed by atoms with Gasteiger partial charge in [0.15, 0.2) is 0 Å². The van der Waals surface area contributed by atoms with Gasteiger partial charge in [-0.15, -0.1) is 0 Å². The van der Waals surface area contributed by atoms with E-state index in [0.717, 1.165) is 17.9 Å². The summed E-state index contributed by atoms with van der Waals surface area (Å²) in [6.07, 6.45) is 0. The molecule has 0 bridgehead atoms. The van der Waals surface area contributed by atoms with Crippen molar-refractivity contribution < 1.29 is 37.7 Å². The normalized spacial score (nSPS) is 14.7. The summed E-state index contributed by atoms with van der Waals surface area (Å²) in [7, 11) is -0.248. The van der Waals surface area contributed by atoms with E-state index in [9.17, 15) is 8.42 Å². The lowest BCUT2D eigenvalue weighted by Gasteiger charge is -2.34. The van der Waals surface area contributed by atoms with Crippen molar-refractivity contribution >= 4 is 22.0 Å². The van der Waals surface area contributed by atoms with Crippen LogP contribution >= 0.6 is 0 Å². The van der Waals surface area contributed by atoms with Crippen molar-refractivity contribution in [3.05, 3.63) is 54.1 Å². The number of carbonyl (C=O) groups is 2. The molecule has 0 amide bonds. The second kappa shape index (κ2) is 11.5. The summed E-state index contributed by atoms with van der Waals surface area (Å²) in [4.78, 5) is 20.8. The van der Waals surface area contributed by atoms with Crippen molar-refractivity contribution in [1.29, 1.82) is 0 Å².